The number of nitrogen functional groups attached to an aromatic ring is 1. The van der Waals surface area contributed by atoms with Crippen LogP contribution in [0.5, 0.6) is 0 Å². The van der Waals surface area contributed by atoms with Crippen molar-refractivity contribution in [2.75, 3.05) is 5.73 Å². The van der Waals surface area contributed by atoms with E-state index in [2.05, 4.69) is 41.1 Å². The van der Waals surface area contributed by atoms with Crippen LogP contribution in [0.3, 0.4) is 0 Å². The molecule has 0 aliphatic heterocycles. The molecule has 1 nitrogen and oxygen atoms in total. The lowest BCUT2D eigenvalue weighted by molar-refractivity contribution is 1.45. The lowest BCUT2D eigenvalue weighted by Gasteiger charge is -2.07. The minimum atomic E-state index is 0.811. The van der Waals surface area contributed by atoms with Gasteiger partial charge in [0.2, 0.25) is 0 Å². The Labute approximate surface area is 98.1 Å². The monoisotopic (exact) mass is 261 g/mol. The minimum Gasteiger partial charge on any atom is -0.399 e. The topological polar surface area (TPSA) is 26.0 Å². The first-order valence-corrected chi connectivity index (χ1v) is 5.58. The molecular weight excluding hydrogens is 250 g/mol. The molecule has 0 heterocycles. The highest BCUT2D eigenvalue weighted by molar-refractivity contribution is 9.10. The Kier molecular flexibility index (Phi) is 2.78. The highest BCUT2D eigenvalue weighted by Crippen LogP contribution is 2.27. The number of hydrogen-bond donors (Lipinski definition) is 1. The summed E-state index contributed by atoms with van der Waals surface area (Å²) in [6.45, 7) is 2.08. The first-order valence-electron chi connectivity index (χ1n) is 4.79. The molecule has 0 saturated carbocycles. The van der Waals surface area contributed by atoms with E-state index in [1.807, 2.05) is 24.3 Å². The van der Waals surface area contributed by atoms with Gasteiger partial charge < -0.3 is 5.73 Å². The highest BCUT2D eigenvalue weighted by Gasteiger charge is 2.02. The summed E-state index contributed by atoms with van der Waals surface area (Å²) < 4.78 is 1.09. The van der Waals surface area contributed by atoms with Gasteiger partial charge in [0, 0.05) is 10.2 Å². The molecule has 0 atom stereocenters. The van der Waals surface area contributed by atoms with Gasteiger partial charge in [0.05, 0.1) is 0 Å². The molecule has 76 valence electrons. The molecule has 2 N–H and O–H groups in total. The summed E-state index contributed by atoms with van der Waals surface area (Å²) in [5.41, 5.74) is 10.2. The van der Waals surface area contributed by atoms with Crippen molar-refractivity contribution in [1.82, 2.24) is 0 Å². The second kappa shape index (κ2) is 4.07. The molecule has 0 unspecified atom stereocenters. The summed E-state index contributed by atoms with van der Waals surface area (Å²) >= 11 is 3.47. The van der Waals surface area contributed by atoms with E-state index < -0.39 is 0 Å². The fourth-order valence-corrected chi connectivity index (χ4v) is 2.07. The number of aryl methyl sites for hydroxylation is 1. The van der Waals surface area contributed by atoms with Gasteiger partial charge in [0.15, 0.2) is 0 Å². The van der Waals surface area contributed by atoms with Crippen LogP contribution in [0.2, 0.25) is 0 Å². The quantitative estimate of drug-likeness (QED) is 0.772. The molecular formula is C13H12BrN. The maximum absolute atomic E-state index is 5.73. The van der Waals surface area contributed by atoms with Gasteiger partial charge in [-0.25, -0.2) is 0 Å². The van der Waals surface area contributed by atoms with Crippen LogP contribution in [0.15, 0.2) is 46.9 Å². The van der Waals surface area contributed by atoms with Gasteiger partial charge in [-0.2, -0.15) is 0 Å². The Balaban J connectivity index is 2.54. The fourth-order valence-electron chi connectivity index (χ4n) is 1.67. The van der Waals surface area contributed by atoms with Gasteiger partial charge in [0.1, 0.15) is 0 Å². The first-order chi connectivity index (χ1) is 7.16. The number of rotatable bonds is 1. The van der Waals surface area contributed by atoms with Crippen molar-refractivity contribution in [1.29, 1.82) is 0 Å². The van der Waals surface area contributed by atoms with E-state index >= 15 is 0 Å². The average molecular weight is 262 g/mol. The van der Waals surface area contributed by atoms with Crippen LogP contribution < -0.4 is 5.73 Å². The van der Waals surface area contributed by atoms with E-state index in [4.69, 9.17) is 5.73 Å². The molecule has 0 saturated heterocycles. The lowest BCUT2D eigenvalue weighted by Crippen LogP contribution is -1.88. The van der Waals surface area contributed by atoms with Gasteiger partial charge in [-0.05, 0) is 47.9 Å². The van der Waals surface area contributed by atoms with Gasteiger partial charge >= 0.3 is 0 Å². The van der Waals surface area contributed by atoms with Crippen LogP contribution in [0.4, 0.5) is 5.69 Å². The van der Waals surface area contributed by atoms with Crippen LogP contribution in [-0.4, -0.2) is 0 Å². The van der Waals surface area contributed by atoms with Crippen molar-refractivity contribution in [3.05, 3.63) is 52.5 Å². The molecule has 2 aromatic rings. The van der Waals surface area contributed by atoms with Gasteiger partial charge in [-0.15, -0.1) is 0 Å². The smallest absolute Gasteiger partial charge is 0.0317 e. The number of nitrogens with two attached hydrogens (primary N) is 1. The van der Waals surface area contributed by atoms with Gasteiger partial charge in [0.25, 0.3) is 0 Å². The first kappa shape index (κ1) is 10.2. The van der Waals surface area contributed by atoms with E-state index in [-0.39, 0.29) is 0 Å². The van der Waals surface area contributed by atoms with Crippen molar-refractivity contribution in [2.24, 2.45) is 0 Å². The molecule has 0 aromatic heterocycles. The van der Waals surface area contributed by atoms with Crippen LogP contribution in [0, 0.1) is 6.92 Å². The number of halogens is 1. The highest BCUT2D eigenvalue weighted by atomic mass is 79.9. The molecule has 2 heteroatoms. The predicted octanol–water partition coefficient (Wildman–Crippen LogP) is 4.01. The Morgan fingerprint density at radius 2 is 1.87 bits per heavy atom. The lowest BCUT2D eigenvalue weighted by atomic mass is 10.0. The third-order valence-corrected chi connectivity index (χ3v) is 2.88. The normalized spacial score (nSPS) is 10.3. The number of hydrogen-bond acceptors (Lipinski definition) is 1. The van der Waals surface area contributed by atoms with E-state index in [0.29, 0.717) is 0 Å². The molecule has 0 radical (unpaired) electrons. The predicted molar refractivity (Wildman–Crippen MR) is 68.7 cm³/mol. The zero-order chi connectivity index (χ0) is 10.8. The van der Waals surface area contributed by atoms with E-state index in [1.54, 1.807) is 0 Å². The summed E-state index contributed by atoms with van der Waals surface area (Å²) in [4.78, 5) is 0. The van der Waals surface area contributed by atoms with E-state index in [1.165, 1.54) is 16.7 Å². The zero-order valence-electron chi connectivity index (χ0n) is 8.50. The average Bonchev–Trinajstić information content (AvgIpc) is 2.17. The van der Waals surface area contributed by atoms with Crippen molar-refractivity contribution >= 4 is 21.6 Å². The molecule has 0 bridgehead atoms. The van der Waals surface area contributed by atoms with Crippen molar-refractivity contribution in [2.45, 2.75) is 6.92 Å². The fraction of sp³-hybridized carbons (Fsp3) is 0.0769. The van der Waals surface area contributed by atoms with E-state index in [0.717, 1.165) is 10.2 Å². The van der Waals surface area contributed by atoms with Crippen LogP contribution in [-0.2, 0) is 0 Å². The third kappa shape index (κ3) is 2.21. The number of benzene rings is 2. The molecule has 0 aliphatic rings. The summed E-state index contributed by atoms with van der Waals surface area (Å²) in [5, 5.41) is 0. The summed E-state index contributed by atoms with van der Waals surface area (Å²) in [7, 11) is 0. The van der Waals surface area contributed by atoms with Crippen molar-refractivity contribution in [3.63, 3.8) is 0 Å². The SMILES string of the molecule is Cc1cc(N)ccc1-c1cccc(Br)c1. The largest absolute Gasteiger partial charge is 0.399 e. The Bertz CT molecular complexity index is 492. The van der Waals surface area contributed by atoms with Crippen LogP contribution >= 0.6 is 15.9 Å². The molecule has 2 rings (SSSR count). The summed E-state index contributed by atoms with van der Waals surface area (Å²) in [5.74, 6) is 0. The Hall–Kier alpha value is -1.28. The second-order valence-corrected chi connectivity index (χ2v) is 4.50. The number of anilines is 1. The summed E-state index contributed by atoms with van der Waals surface area (Å²) in [6.07, 6.45) is 0. The Morgan fingerprint density at radius 3 is 2.53 bits per heavy atom. The minimum absolute atomic E-state index is 0.811. The second-order valence-electron chi connectivity index (χ2n) is 3.58. The maximum atomic E-state index is 5.73. The van der Waals surface area contributed by atoms with Crippen LogP contribution in [0.1, 0.15) is 5.56 Å². The van der Waals surface area contributed by atoms with Crippen molar-refractivity contribution in [3.8, 4) is 11.1 Å². The molecule has 0 aliphatic carbocycles. The zero-order valence-corrected chi connectivity index (χ0v) is 10.1. The molecule has 15 heavy (non-hydrogen) atoms. The maximum Gasteiger partial charge on any atom is 0.0317 e. The van der Waals surface area contributed by atoms with Gasteiger partial charge in [-0.3, -0.25) is 0 Å². The summed E-state index contributed by atoms with van der Waals surface area (Å²) in [6, 6.07) is 14.3. The van der Waals surface area contributed by atoms with Gasteiger partial charge in [-0.1, -0.05) is 34.1 Å². The molecule has 0 amide bonds. The Morgan fingerprint density at radius 1 is 1.07 bits per heavy atom. The molecule has 0 spiro atoms. The molecule has 0 fully saturated rings. The van der Waals surface area contributed by atoms with E-state index in [9.17, 15) is 0 Å². The molecule has 2 aromatic carbocycles. The standard InChI is InChI=1S/C13H12BrN/c1-9-7-12(15)5-6-13(9)10-3-2-4-11(14)8-10/h2-8H,15H2,1H3. The van der Waals surface area contributed by atoms with Crippen LogP contribution in [0.25, 0.3) is 11.1 Å². The van der Waals surface area contributed by atoms with Crippen molar-refractivity contribution < 1.29 is 0 Å². The third-order valence-electron chi connectivity index (χ3n) is 2.39.